The molecule has 0 N–H and O–H groups in total. The summed E-state index contributed by atoms with van der Waals surface area (Å²) in [5.41, 5.74) is 2.43. The quantitative estimate of drug-likeness (QED) is 0.731. The SMILES string of the molecule is CCC(=O)C(C)(C)CCc1ccc(C)cc1. The first-order chi connectivity index (χ1) is 7.45. The first kappa shape index (κ1) is 13.0. The van der Waals surface area contributed by atoms with Gasteiger partial charge in [-0.3, -0.25) is 4.79 Å². The number of hydrogen-bond acceptors (Lipinski definition) is 1. The highest BCUT2D eigenvalue weighted by molar-refractivity contribution is 5.83. The number of ketones is 1. The van der Waals surface area contributed by atoms with Gasteiger partial charge in [-0.15, -0.1) is 0 Å². The van der Waals surface area contributed by atoms with Gasteiger partial charge in [0, 0.05) is 11.8 Å². The van der Waals surface area contributed by atoms with Gasteiger partial charge in [0.1, 0.15) is 5.78 Å². The van der Waals surface area contributed by atoms with Gasteiger partial charge >= 0.3 is 0 Å². The van der Waals surface area contributed by atoms with Crippen LogP contribution in [0.15, 0.2) is 24.3 Å². The zero-order valence-electron chi connectivity index (χ0n) is 10.8. The molecule has 0 aliphatic carbocycles. The minimum atomic E-state index is -0.181. The largest absolute Gasteiger partial charge is 0.299 e. The molecular formula is C15H22O. The van der Waals surface area contributed by atoms with Crippen LogP contribution in [-0.4, -0.2) is 5.78 Å². The lowest BCUT2D eigenvalue weighted by Gasteiger charge is -2.22. The molecule has 1 rings (SSSR count). The Hall–Kier alpha value is -1.11. The molecule has 0 atom stereocenters. The van der Waals surface area contributed by atoms with Crippen molar-refractivity contribution in [3.8, 4) is 0 Å². The molecule has 0 aliphatic heterocycles. The van der Waals surface area contributed by atoms with Crippen LogP contribution in [-0.2, 0) is 11.2 Å². The predicted octanol–water partition coefficient (Wildman–Crippen LogP) is 3.93. The lowest BCUT2D eigenvalue weighted by atomic mass is 9.81. The van der Waals surface area contributed by atoms with E-state index in [1.165, 1.54) is 11.1 Å². The van der Waals surface area contributed by atoms with Gasteiger partial charge in [0.05, 0.1) is 0 Å². The van der Waals surface area contributed by atoms with E-state index in [0.29, 0.717) is 12.2 Å². The van der Waals surface area contributed by atoms with Gasteiger partial charge < -0.3 is 0 Å². The third-order valence-electron chi connectivity index (χ3n) is 3.24. The summed E-state index contributed by atoms with van der Waals surface area (Å²) in [6, 6.07) is 8.57. The number of hydrogen-bond donors (Lipinski definition) is 0. The van der Waals surface area contributed by atoms with Gasteiger partial charge in [-0.05, 0) is 25.3 Å². The van der Waals surface area contributed by atoms with Gasteiger partial charge in [0.2, 0.25) is 0 Å². The molecule has 0 unspecified atom stereocenters. The first-order valence-corrected chi connectivity index (χ1v) is 6.04. The number of Topliss-reactive ketones (excluding diaryl/α,β-unsaturated/α-hetero) is 1. The van der Waals surface area contributed by atoms with Crippen molar-refractivity contribution in [2.75, 3.05) is 0 Å². The van der Waals surface area contributed by atoms with Crippen LogP contribution in [0.2, 0.25) is 0 Å². The van der Waals surface area contributed by atoms with Gasteiger partial charge in [-0.1, -0.05) is 50.6 Å². The smallest absolute Gasteiger partial charge is 0.138 e. The Balaban J connectivity index is 2.57. The molecule has 0 saturated heterocycles. The van der Waals surface area contributed by atoms with Crippen molar-refractivity contribution in [3.63, 3.8) is 0 Å². The highest BCUT2D eigenvalue weighted by atomic mass is 16.1. The second-order valence-electron chi connectivity index (χ2n) is 5.15. The normalized spacial score (nSPS) is 11.5. The summed E-state index contributed by atoms with van der Waals surface area (Å²) in [6.07, 6.45) is 2.56. The Bertz CT molecular complexity index is 346. The van der Waals surface area contributed by atoms with E-state index < -0.39 is 0 Å². The first-order valence-electron chi connectivity index (χ1n) is 6.04. The predicted molar refractivity (Wildman–Crippen MR) is 68.6 cm³/mol. The Kier molecular flexibility index (Phi) is 4.28. The maximum atomic E-state index is 11.7. The average molecular weight is 218 g/mol. The number of carbonyl (C=O) groups is 1. The molecule has 0 aliphatic rings. The summed E-state index contributed by atoms with van der Waals surface area (Å²) < 4.78 is 0. The van der Waals surface area contributed by atoms with Crippen molar-refractivity contribution in [3.05, 3.63) is 35.4 Å². The molecule has 0 fully saturated rings. The van der Waals surface area contributed by atoms with E-state index in [4.69, 9.17) is 0 Å². The lowest BCUT2D eigenvalue weighted by molar-refractivity contribution is -0.127. The number of rotatable bonds is 5. The van der Waals surface area contributed by atoms with Crippen molar-refractivity contribution in [2.24, 2.45) is 5.41 Å². The molecule has 0 bridgehead atoms. The number of aryl methyl sites for hydroxylation is 2. The molecular weight excluding hydrogens is 196 g/mol. The van der Waals surface area contributed by atoms with Gasteiger partial charge in [-0.2, -0.15) is 0 Å². The van der Waals surface area contributed by atoms with Crippen LogP contribution in [0.1, 0.15) is 44.7 Å². The van der Waals surface area contributed by atoms with E-state index in [0.717, 1.165) is 12.8 Å². The molecule has 0 radical (unpaired) electrons. The maximum absolute atomic E-state index is 11.7. The van der Waals surface area contributed by atoms with Crippen LogP contribution >= 0.6 is 0 Å². The summed E-state index contributed by atoms with van der Waals surface area (Å²) in [4.78, 5) is 11.7. The van der Waals surface area contributed by atoms with E-state index in [1.54, 1.807) is 0 Å². The summed E-state index contributed by atoms with van der Waals surface area (Å²) in [5, 5.41) is 0. The highest BCUT2D eigenvalue weighted by Gasteiger charge is 2.24. The molecule has 16 heavy (non-hydrogen) atoms. The topological polar surface area (TPSA) is 17.1 Å². The zero-order valence-corrected chi connectivity index (χ0v) is 10.8. The van der Waals surface area contributed by atoms with Crippen LogP contribution < -0.4 is 0 Å². The molecule has 0 amide bonds. The minimum Gasteiger partial charge on any atom is -0.299 e. The summed E-state index contributed by atoms with van der Waals surface area (Å²) in [5.74, 6) is 0.361. The Morgan fingerprint density at radius 1 is 1.19 bits per heavy atom. The molecule has 1 heteroatoms. The third-order valence-corrected chi connectivity index (χ3v) is 3.24. The molecule has 1 nitrogen and oxygen atoms in total. The minimum absolute atomic E-state index is 0.181. The Morgan fingerprint density at radius 2 is 1.75 bits per heavy atom. The van der Waals surface area contributed by atoms with E-state index in [9.17, 15) is 4.79 Å². The fourth-order valence-corrected chi connectivity index (χ4v) is 1.83. The maximum Gasteiger partial charge on any atom is 0.138 e. The van der Waals surface area contributed by atoms with Crippen LogP contribution in [0.5, 0.6) is 0 Å². The van der Waals surface area contributed by atoms with Crippen molar-refractivity contribution in [1.29, 1.82) is 0 Å². The van der Waals surface area contributed by atoms with Crippen LogP contribution in [0.3, 0.4) is 0 Å². The van der Waals surface area contributed by atoms with Crippen LogP contribution in [0, 0.1) is 12.3 Å². The summed E-state index contributed by atoms with van der Waals surface area (Å²) >= 11 is 0. The number of carbonyl (C=O) groups excluding carboxylic acids is 1. The Labute approximate surface area is 98.9 Å². The molecule has 0 heterocycles. The summed E-state index contributed by atoms with van der Waals surface area (Å²) in [7, 11) is 0. The van der Waals surface area contributed by atoms with Gasteiger partial charge in [0.15, 0.2) is 0 Å². The Morgan fingerprint density at radius 3 is 2.25 bits per heavy atom. The van der Waals surface area contributed by atoms with Crippen LogP contribution in [0.4, 0.5) is 0 Å². The molecule has 88 valence electrons. The molecule has 0 saturated carbocycles. The van der Waals surface area contributed by atoms with E-state index in [-0.39, 0.29) is 5.41 Å². The zero-order chi connectivity index (χ0) is 12.2. The highest BCUT2D eigenvalue weighted by Crippen LogP contribution is 2.25. The van der Waals surface area contributed by atoms with Gasteiger partial charge in [-0.25, -0.2) is 0 Å². The van der Waals surface area contributed by atoms with Crippen molar-refractivity contribution < 1.29 is 4.79 Å². The van der Waals surface area contributed by atoms with Crippen molar-refractivity contribution >= 4 is 5.78 Å². The van der Waals surface area contributed by atoms with Crippen LogP contribution in [0.25, 0.3) is 0 Å². The summed E-state index contributed by atoms with van der Waals surface area (Å²) in [6.45, 7) is 8.13. The van der Waals surface area contributed by atoms with Crippen molar-refractivity contribution in [2.45, 2.75) is 47.0 Å². The van der Waals surface area contributed by atoms with E-state index in [2.05, 4.69) is 31.2 Å². The second kappa shape index (κ2) is 5.29. The number of benzene rings is 1. The third kappa shape index (κ3) is 3.48. The molecule has 1 aromatic rings. The van der Waals surface area contributed by atoms with Gasteiger partial charge in [0.25, 0.3) is 0 Å². The van der Waals surface area contributed by atoms with Crippen molar-refractivity contribution in [1.82, 2.24) is 0 Å². The lowest BCUT2D eigenvalue weighted by Crippen LogP contribution is -2.24. The average Bonchev–Trinajstić information content (AvgIpc) is 2.27. The monoisotopic (exact) mass is 218 g/mol. The fourth-order valence-electron chi connectivity index (χ4n) is 1.83. The molecule has 0 aromatic heterocycles. The molecule has 0 spiro atoms. The molecule has 1 aromatic carbocycles. The second-order valence-corrected chi connectivity index (χ2v) is 5.15. The standard InChI is InChI=1S/C15H22O/c1-5-14(16)15(3,4)11-10-13-8-6-12(2)7-9-13/h6-9H,5,10-11H2,1-4H3. The van der Waals surface area contributed by atoms with E-state index in [1.807, 2.05) is 20.8 Å². The fraction of sp³-hybridized carbons (Fsp3) is 0.533. The van der Waals surface area contributed by atoms with E-state index >= 15 is 0 Å².